The molecule has 0 aliphatic heterocycles. The maximum Gasteiger partial charge on any atom is 0.237 e. The van der Waals surface area contributed by atoms with E-state index in [-0.39, 0.29) is 17.9 Å². The summed E-state index contributed by atoms with van der Waals surface area (Å²) in [6.45, 7) is 6.30. The Labute approximate surface area is 109 Å². The van der Waals surface area contributed by atoms with Gasteiger partial charge in [-0.15, -0.1) is 0 Å². The zero-order chi connectivity index (χ0) is 12.8. The van der Waals surface area contributed by atoms with Crippen molar-refractivity contribution in [2.24, 2.45) is 11.7 Å². The Hall–Kier alpha value is -0.220. The van der Waals surface area contributed by atoms with E-state index in [2.05, 4.69) is 19.2 Å². The molecule has 0 radical (unpaired) electrons. The highest BCUT2D eigenvalue weighted by atomic mass is 32.2. The molecule has 3 nitrogen and oxygen atoms in total. The SMILES string of the molecule is CCSC1CCC(NC(=O)[C@@H](N)[C@@H](C)CC)C1. The number of thioether (sulfide) groups is 1. The number of hydrogen-bond acceptors (Lipinski definition) is 3. The lowest BCUT2D eigenvalue weighted by Gasteiger charge is -2.20. The molecule has 0 heterocycles. The number of carbonyl (C=O) groups is 1. The molecule has 3 N–H and O–H groups in total. The van der Waals surface area contributed by atoms with Gasteiger partial charge in [-0.25, -0.2) is 0 Å². The Morgan fingerprint density at radius 3 is 2.76 bits per heavy atom. The van der Waals surface area contributed by atoms with Gasteiger partial charge in [0.15, 0.2) is 0 Å². The highest BCUT2D eigenvalue weighted by molar-refractivity contribution is 7.99. The van der Waals surface area contributed by atoms with E-state index in [1.165, 1.54) is 6.42 Å². The van der Waals surface area contributed by atoms with Crippen LogP contribution < -0.4 is 11.1 Å². The van der Waals surface area contributed by atoms with Gasteiger partial charge in [0.25, 0.3) is 0 Å². The summed E-state index contributed by atoms with van der Waals surface area (Å²) < 4.78 is 0. The van der Waals surface area contributed by atoms with E-state index in [1.54, 1.807) is 0 Å². The molecular formula is C13H26N2OS. The molecule has 2 unspecified atom stereocenters. The Morgan fingerprint density at radius 2 is 2.18 bits per heavy atom. The smallest absolute Gasteiger partial charge is 0.237 e. The minimum absolute atomic E-state index is 0.0338. The lowest BCUT2D eigenvalue weighted by Crippen LogP contribution is -2.47. The summed E-state index contributed by atoms with van der Waals surface area (Å²) in [6, 6.07) is -0.000431. The molecule has 1 saturated carbocycles. The first kappa shape index (κ1) is 14.8. The molecule has 17 heavy (non-hydrogen) atoms. The van der Waals surface area contributed by atoms with Gasteiger partial charge in [-0.2, -0.15) is 11.8 Å². The van der Waals surface area contributed by atoms with Crippen LogP contribution in [0, 0.1) is 5.92 Å². The molecule has 0 aromatic carbocycles. The predicted molar refractivity (Wildman–Crippen MR) is 75.1 cm³/mol. The summed E-state index contributed by atoms with van der Waals surface area (Å²) in [6.07, 6.45) is 4.39. The van der Waals surface area contributed by atoms with Gasteiger partial charge in [0.2, 0.25) is 5.91 Å². The summed E-state index contributed by atoms with van der Waals surface area (Å²) in [7, 11) is 0. The number of rotatable bonds is 6. The standard InChI is InChI=1S/C13H26N2OS/c1-4-9(3)12(14)13(16)15-10-6-7-11(8-10)17-5-2/h9-12H,4-8,14H2,1-3H3,(H,15,16)/t9-,10?,11?,12-/m0/s1. The van der Waals surface area contributed by atoms with Crippen LogP contribution in [0.2, 0.25) is 0 Å². The van der Waals surface area contributed by atoms with E-state index in [4.69, 9.17) is 5.73 Å². The van der Waals surface area contributed by atoms with Crippen LogP contribution in [0.4, 0.5) is 0 Å². The van der Waals surface area contributed by atoms with Crippen LogP contribution in [0.3, 0.4) is 0 Å². The normalized spacial score (nSPS) is 27.8. The van der Waals surface area contributed by atoms with Crippen LogP contribution in [-0.4, -0.2) is 29.0 Å². The second-order valence-electron chi connectivity index (χ2n) is 5.01. The van der Waals surface area contributed by atoms with Gasteiger partial charge in [0.05, 0.1) is 6.04 Å². The number of amides is 1. The van der Waals surface area contributed by atoms with Crippen LogP contribution in [0.25, 0.3) is 0 Å². The molecule has 0 bridgehead atoms. The Morgan fingerprint density at radius 1 is 1.47 bits per heavy atom. The largest absolute Gasteiger partial charge is 0.352 e. The number of nitrogens with two attached hydrogens (primary N) is 1. The topological polar surface area (TPSA) is 55.1 Å². The van der Waals surface area contributed by atoms with Gasteiger partial charge in [-0.05, 0) is 30.9 Å². The summed E-state index contributed by atoms with van der Waals surface area (Å²) in [5, 5.41) is 3.83. The molecule has 1 amide bonds. The van der Waals surface area contributed by atoms with Crippen LogP contribution in [0.1, 0.15) is 46.5 Å². The molecule has 1 rings (SSSR count). The summed E-state index contributed by atoms with van der Waals surface area (Å²) >= 11 is 2.01. The van der Waals surface area contributed by atoms with E-state index in [1.807, 2.05) is 18.7 Å². The molecule has 100 valence electrons. The van der Waals surface area contributed by atoms with Gasteiger partial charge in [0, 0.05) is 11.3 Å². The third-order valence-electron chi connectivity index (χ3n) is 3.69. The van der Waals surface area contributed by atoms with E-state index in [0.717, 1.165) is 30.3 Å². The highest BCUT2D eigenvalue weighted by Crippen LogP contribution is 2.29. The maximum absolute atomic E-state index is 11.9. The van der Waals surface area contributed by atoms with Crippen LogP contribution in [0.15, 0.2) is 0 Å². The van der Waals surface area contributed by atoms with Gasteiger partial charge in [-0.3, -0.25) is 4.79 Å². The quantitative estimate of drug-likeness (QED) is 0.767. The van der Waals surface area contributed by atoms with Gasteiger partial charge in [0.1, 0.15) is 0 Å². The molecule has 0 aromatic heterocycles. The average Bonchev–Trinajstić information content (AvgIpc) is 2.75. The first-order valence-electron chi connectivity index (χ1n) is 6.76. The molecule has 0 saturated heterocycles. The summed E-state index contributed by atoms with van der Waals surface area (Å²) in [5.74, 6) is 1.46. The highest BCUT2D eigenvalue weighted by Gasteiger charge is 2.28. The van der Waals surface area contributed by atoms with Gasteiger partial charge < -0.3 is 11.1 Å². The van der Waals surface area contributed by atoms with Gasteiger partial charge >= 0.3 is 0 Å². The van der Waals surface area contributed by atoms with Crippen molar-refractivity contribution in [3.63, 3.8) is 0 Å². The molecule has 0 aromatic rings. The van der Waals surface area contributed by atoms with Crippen molar-refractivity contribution in [2.75, 3.05) is 5.75 Å². The molecule has 1 aliphatic carbocycles. The lowest BCUT2D eigenvalue weighted by atomic mass is 9.99. The third-order valence-corrected chi connectivity index (χ3v) is 4.93. The predicted octanol–water partition coefficient (Wildman–Crippen LogP) is 2.15. The Kier molecular flexibility index (Phi) is 6.34. The summed E-state index contributed by atoms with van der Waals surface area (Å²) in [5.41, 5.74) is 5.93. The summed E-state index contributed by atoms with van der Waals surface area (Å²) in [4.78, 5) is 11.9. The van der Waals surface area contributed by atoms with Crippen LogP contribution in [-0.2, 0) is 4.79 Å². The number of nitrogens with one attached hydrogen (secondary N) is 1. The van der Waals surface area contributed by atoms with Crippen LogP contribution >= 0.6 is 11.8 Å². The molecule has 4 atom stereocenters. The number of carbonyl (C=O) groups excluding carboxylic acids is 1. The Balaban J connectivity index is 2.32. The van der Waals surface area contributed by atoms with Gasteiger partial charge in [-0.1, -0.05) is 27.2 Å². The zero-order valence-electron chi connectivity index (χ0n) is 11.2. The molecule has 1 aliphatic rings. The van der Waals surface area contributed by atoms with Crippen LogP contribution in [0.5, 0.6) is 0 Å². The first-order valence-corrected chi connectivity index (χ1v) is 7.80. The van der Waals surface area contributed by atoms with Crippen molar-refractivity contribution >= 4 is 17.7 Å². The van der Waals surface area contributed by atoms with E-state index in [0.29, 0.717) is 6.04 Å². The van der Waals surface area contributed by atoms with Crippen molar-refractivity contribution in [3.8, 4) is 0 Å². The molecular weight excluding hydrogens is 232 g/mol. The minimum atomic E-state index is -0.349. The lowest BCUT2D eigenvalue weighted by molar-refractivity contribution is -0.124. The van der Waals surface area contributed by atoms with E-state index >= 15 is 0 Å². The molecule has 4 heteroatoms. The van der Waals surface area contributed by atoms with E-state index < -0.39 is 0 Å². The van der Waals surface area contributed by atoms with Crippen molar-refractivity contribution in [1.29, 1.82) is 0 Å². The van der Waals surface area contributed by atoms with Crippen molar-refractivity contribution in [1.82, 2.24) is 5.32 Å². The Bertz CT molecular complexity index is 248. The van der Waals surface area contributed by atoms with Crippen molar-refractivity contribution in [3.05, 3.63) is 0 Å². The maximum atomic E-state index is 11.9. The molecule has 1 fully saturated rings. The first-order chi connectivity index (χ1) is 8.08. The van der Waals surface area contributed by atoms with Crippen molar-refractivity contribution < 1.29 is 4.79 Å². The fourth-order valence-corrected chi connectivity index (χ4v) is 3.41. The fraction of sp³-hybridized carbons (Fsp3) is 0.923. The second-order valence-corrected chi connectivity index (χ2v) is 6.58. The zero-order valence-corrected chi connectivity index (χ0v) is 12.1. The van der Waals surface area contributed by atoms with E-state index in [9.17, 15) is 4.79 Å². The fourth-order valence-electron chi connectivity index (χ4n) is 2.27. The second kappa shape index (κ2) is 7.27. The number of hydrogen-bond donors (Lipinski definition) is 2. The third kappa shape index (κ3) is 4.51. The molecule has 0 spiro atoms. The monoisotopic (exact) mass is 258 g/mol. The minimum Gasteiger partial charge on any atom is -0.352 e. The van der Waals surface area contributed by atoms with Crippen molar-refractivity contribution in [2.45, 2.75) is 63.8 Å². The average molecular weight is 258 g/mol.